The molecule has 4 heteroatoms. The van der Waals surface area contributed by atoms with Crippen LogP contribution in [0.4, 0.5) is 0 Å². The Balaban J connectivity index is 1.28. The van der Waals surface area contributed by atoms with Crippen molar-refractivity contribution < 1.29 is 9.64 Å². The Morgan fingerprint density at radius 2 is 1.66 bits per heavy atom. The van der Waals surface area contributed by atoms with Crippen LogP contribution in [0.1, 0.15) is 41.1 Å². The van der Waals surface area contributed by atoms with E-state index in [4.69, 9.17) is 4.74 Å². The van der Waals surface area contributed by atoms with E-state index in [0.29, 0.717) is 0 Å². The van der Waals surface area contributed by atoms with Crippen LogP contribution >= 0.6 is 0 Å². The predicted octanol–water partition coefficient (Wildman–Crippen LogP) is 3.87. The molecule has 3 aromatic carbocycles. The number of fused-ring (bicyclic) bond motifs is 4. The minimum absolute atomic E-state index is 0.187. The Hall–Kier alpha value is -3.08. The number of hydrogen-bond donors (Lipinski definition) is 2. The van der Waals surface area contributed by atoms with Gasteiger partial charge in [0, 0.05) is 11.1 Å². The molecule has 0 bridgehead atoms. The number of hydrogen-bond acceptors (Lipinski definition) is 3. The highest BCUT2D eigenvalue weighted by molar-refractivity contribution is 5.67. The second kappa shape index (κ2) is 7.80. The molecule has 3 aliphatic heterocycles. The smallest absolute Gasteiger partial charge is 0.191 e. The van der Waals surface area contributed by atoms with E-state index in [0.717, 1.165) is 38.2 Å². The molecule has 3 aromatic rings. The van der Waals surface area contributed by atoms with E-state index in [1.54, 1.807) is 4.90 Å². The first-order valence-electron chi connectivity index (χ1n) is 11.7. The zero-order chi connectivity index (χ0) is 21.5. The second-order valence-corrected chi connectivity index (χ2v) is 9.37. The van der Waals surface area contributed by atoms with Crippen molar-refractivity contribution in [2.24, 2.45) is 0 Å². The van der Waals surface area contributed by atoms with Crippen molar-refractivity contribution >= 4 is 5.70 Å². The average molecular weight is 425 g/mol. The van der Waals surface area contributed by atoms with Gasteiger partial charge in [-0.15, -0.1) is 0 Å². The maximum Gasteiger partial charge on any atom is 0.191 e. The van der Waals surface area contributed by atoms with Gasteiger partial charge >= 0.3 is 0 Å². The highest BCUT2D eigenvalue weighted by atomic mass is 16.5. The van der Waals surface area contributed by atoms with Gasteiger partial charge in [0.1, 0.15) is 12.3 Å². The molecule has 1 saturated heterocycles. The van der Waals surface area contributed by atoms with E-state index >= 15 is 0 Å². The lowest BCUT2D eigenvalue weighted by Crippen LogP contribution is -3.12. The number of piperidine rings is 1. The molecule has 0 saturated carbocycles. The third-order valence-corrected chi connectivity index (χ3v) is 7.22. The zero-order valence-electron chi connectivity index (χ0n) is 18.6. The lowest BCUT2D eigenvalue weighted by molar-refractivity contribution is -0.921. The Labute approximate surface area is 190 Å². The minimum Gasteiger partial charge on any atom is -0.470 e. The van der Waals surface area contributed by atoms with Crippen LogP contribution in [0.2, 0.25) is 0 Å². The van der Waals surface area contributed by atoms with Gasteiger partial charge in [0.15, 0.2) is 5.72 Å². The van der Waals surface area contributed by atoms with Crippen molar-refractivity contribution in [3.05, 3.63) is 107 Å². The summed E-state index contributed by atoms with van der Waals surface area (Å²) in [4.78, 5) is 1.63. The maximum absolute atomic E-state index is 6.79. The Morgan fingerprint density at radius 1 is 0.938 bits per heavy atom. The fourth-order valence-electron chi connectivity index (χ4n) is 5.42. The number of benzene rings is 3. The summed E-state index contributed by atoms with van der Waals surface area (Å²) in [7, 11) is 0. The molecule has 6 rings (SSSR count). The minimum atomic E-state index is -0.317. The molecule has 0 aliphatic carbocycles. The molecule has 1 spiro atoms. The fraction of sp³-hybridized carbons (Fsp3) is 0.286. The van der Waals surface area contributed by atoms with E-state index < -0.39 is 0 Å². The standard InChI is InChI=1S/C28H29N3O/c1-21-11-13-23(14-12-21)25-19-26-24-9-5-6-10-27(24)32-28(31(26)29-25)15-17-30(18-16-28)20-22-7-3-2-4-8-22/h2-14,19,26,29H,15-18,20H2,1H3/p+1. The predicted molar refractivity (Wildman–Crippen MR) is 127 cm³/mol. The van der Waals surface area contributed by atoms with Crippen LogP contribution in [0.25, 0.3) is 5.70 Å². The van der Waals surface area contributed by atoms with Gasteiger partial charge in [0.25, 0.3) is 0 Å². The molecule has 1 atom stereocenters. The lowest BCUT2D eigenvalue weighted by Gasteiger charge is -2.50. The van der Waals surface area contributed by atoms with Crippen molar-refractivity contribution in [1.29, 1.82) is 0 Å². The molecular weight excluding hydrogens is 394 g/mol. The van der Waals surface area contributed by atoms with Crippen molar-refractivity contribution in [2.75, 3.05) is 13.1 Å². The summed E-state index contributed by atoms with van der Waals surface area (Å²) in [6.45, 7) is 5.41. The number of quaternary nitrogens is 1. The Morgan fingerprint density at radius 3 is 2.44 bits per heavy atom. The van der Waals surface area contributed by atoms with Gasteiger partial charge in [-0.1, -0.05) is 78.4 Å². The van der Waals surface area contributed by atoms with Gasteiger partial charge in [-0.25, -0.2) is 0 Å². The zero-order valence-corrected chi connectivity index (χ0v) is 18.6. The van der Waals surface area contributed by atoms with Gasteiger partial charge in [0.05, 0.1) is 37.7 Å². The summed E-state index contributed by atoms with van der Waals surface area (Å²) in [6, 6.07) is 28.3. The maximum atomic E-state index is 6.79. The highest BCUT2D eigenvalue weighted by Gasteiger charge is 2.52. The molecular formula is C28H30N3O+. The number of ether oxygens (including phenoxy) is 1. The molecule has 4 nitrogen and oxygen atoms in total. The number of rotatable bonds is 3. The molecule has 0 aromatic heterocycles. The van der Waals surface area contributed by atoms with Gasteiger partial charge < -0.3 is 15.1 Å². The molecule has 2 N–H and O–H groups in total. The van der Waals surface area contributed by atoms with E-state index in [1.807, 2.05) is 0 Å². The number of hydrazine groups is 1. The van der Waals surface area contributed by atoms with Gasteiger partial charge in [-0.2, -0.15) is 5.01 Å². The number of likely N-dealkylation sites (tertiary alicyclic amines) is 1. The number of para-hydroxylation sites is 1. The van der Waals surface area contributed by atoms with Crippen molar-refractivity contribution in [3.8, 4) is 5.75 Å². The van der Waals surface area contributed by atoms with Crippen LogP contribution in [0.5, 0.6) is 5.75 Å². The summed E-state index contributed by atoms with van der Waals surface area (Å²) in [6.07, 6.45) is 4.38. The van der Waals surface area contributed by atoms with Crippen LogP contribution in [-0.4, -0.2) is 23.8 Å². The molecule has 3 heterocycles. The van der Waals surface area contributed by atoms with Crippen LogP contribution in [0, 0.1) is 6.92 Å². The molecule has 1 unspecified atom stereocenters. The molecule has 0 amide bonds. The molecule has 3 aliphatic rings. The fourth-order valence-corrected chi connectivity index (χ4v) is 5.42. The summed E-state index contributed by atoms with van der Waals surface area (Å²) < 4.78 is 6.79. The Bertz CT molecular complexity index is 1130. The summed E-state index contributed by atoms with van der Waals surface area (Å²) >= 11 is 0. The van der Waals surface area contributed by atoms with Crippen molar-refractivity contribution in [2.45, 2.75) is 38.1 Å². The van der Waals surface area contributed by atoms with Gasteiger partial charge in [-0.3, -0.25) is 0 Å². The second-order valence-electron chi connectivity index (χ2n) is 9.37. The number of nitrogens with one attached hydrogen (secondary N) is 2. The van der Waals surface area contributed by atoms with Crippen molar-refractivity contribution in [1.82, 2.24) is 10.4 Å². The third-order valence-electron chi connectivity index (χ3n) is 7.22. The first kappa shape index (κ1) is 19.6. The van der Waals surface area contributed by atoms with Gasteiger partial charge in [0.2, 0.25) is 0 Å². The van der Waals surface area contributed by atoms with Crippen LogP contribution in [-0.2, 0) is 6.54 Å². The van der Waals surface area contributed by atoms with E-state index in [9.17, 15) is 0 Å². The normalized spacial score (nSPS) is 26.6. The Kier molecular flexibility index (Phi) is 4.78. The molecule has 1 fully saturated rings. The average Bonchev–Trinajstić information content (AvgIpc) is 3.29. The number of nitrogens with zero attached hydrogens (tertiary/aromatic N) is 1. The molecule has 162 valence electrons. The monoisotopic (exact) mass is 424 g/mol. The van der Waals surface area contributed by atoms with E-state index in [-0.39, 0.29) is 11.8 Å². The number of aryl methyl sites for hydroxylation is 1. The SMILES string of the molecule is Cc1ccc(C2=CC3c4ccccc4OC4(CC[NH+](Cc5ccccc5)CC4)N3N2)cc1. The molecule has 32 heavy (non-hydrogen) atoms. The third kappa shape index (κ3) is 3.40. The first-order valence-corrected chi connectivity index (χ1v) is 11.7. The first-order chi connectivity index (χ1) is 15.7. The lowest BCUT2D eigenvalue weighted by atomic mass is 9.92. The van der Waals surface area contributed by atoms with Crippen LogP contribution in [0.15, 0.2) is 84.9 Å². The summed E-state index contributed by atoms with van der Waals surface area (Å²) in [5.74, 6) is 1.03. The van der Waals surface area contributed by atoms with E-state index in [2.05, 4.69) is 102 Å². The quantitative estimate of drug-likeness (QED) is 0.669. The summed E-state index contributed by atoms with van der Waals surface area (Å²) in [5, 5.41) is 2.39. The topological polar surface area (TPSA) is 28.9 Å². The van der Waals surface area contributed by atoms with Crippen LogP contribution < -0.4 is 15.1 Å². The van der Waals surface area contributed by atoms with Gasteiger partial charge in [-0.05, 0) is 24.6 Å². The van der Waals surface area contributed by atoms with E-state index in [1.165, 1.54) is 28.0 Å². The summed E-state index contributed by atoms with van der Waals surface area (Å²) in [5.41, 5.74) is 9.77. The van der Waals surface area contributed by atoms with Crippen LogP contribution in [0.3, 0.4) is 0 Å². The largest absolute Gasteiger partial charge is 0.470 e. The molecule has 0 radical (unpaired) electrons. The highest BCUT2D eigenvalue weighted by Crippen LogP contribution is 2.47. The van der Waals surface area contributed by atoms with Crippen molar-refractivity contribution in [3.63, 3.8) is 0 Å².